The van der Waals surface area contributed by atoms with Crippen LogP contribution in [-0.2, 0) is 6.54 Å². The molecule has 0 aliphatic heterocycles. The Kier molecular flexibility index (Phi) is 5.87. The molecule has 0 bridgehead atoms. The lowest BCUT2D eigenvalue weighted by molar-refractivity contribution is 0.102. The first-order chi connectivity index (χ1) is 13.0. The summed E-state index contributed by atoms with van der Waals surface area (Å²) in [7, 11) is 0. The van der Waals surface area contributed by atoms with Crippen molar-refractivity contribution in [2.24, 2.45) is 0 Å². The van der Waals surface area contributed by atoms with Crippen LogP contribution in [0.3, 0.4) is 0 Å². The summed E-state index contributed by atoms with van der Waals surface area (Å²) in [5.74, 6) is 0.665. The topological polar surface area (TPSA) is 45.2 Å². The van der Waals surface area contributed by atoms with Crippen LogP contribution in [0.2, 0.25) is 0 Å². The molecule has 1 heterocycles. The van der Waals surface area contributed by atoms with Crippen LogP contribution < -0.4 is 10.2 Å². The third-order valence-electron chi connectivity index (χ3n) is 4.40. The largest absolute Gasteiger partial charge is 0.350 e. The minimum atomic E-state index is -0.132. The average molecular weight is 359 g/mol. The summed E-state index contributed by atoms with van der Waals surface area (Å²) >= 11 is 0. The molecule has 2 aromatic carbocycles. The van der Waals surface area contributed by atoms with E-state index in [1.165, 1.54) is 5.56 Å². The molecule has 4 heteroatoms. The summed E-state index contributed by atoms with van der Waals surface area (Å²) in [5, 5.41) is 2.96. The number of hydrogen-bond acceptors (Lipinski definition) is 3. The van der Waals surface area contributed by atoms with Crippen molar-refractivity contribution in [3.63, 3.8) is 0 Å². The molecular formula is C23H25N3O. The van der Waals surface area contributed by atoms with Crippen LogP contribution in [0.4, 0.5) is 11.5 Å². The van der Waals surface area contributed by atoms with Crippen LogP contribution in [0.25, 0.3) is 0 Å². The minimum Gasteiger partial charge on any atom is -0.350 e. The van der Waals surface area contributed by atoms with Crippen molar-refractivity contribution in [3.05, 3.63) is 89.6 Å². The molecule has 4 nitrogen and oxygen atoms in total. The van der Waals surface area contributed by atoms with Gasteiger partial charge in [0.2, 0.25) is 0 Å². The Bertz CT molecular complexity index is 906. The number of rotatable bonds is 6. The number of hydrogen-bond donors (Lipinski definition) is 1. The highest BCUT2D eigenvalue weighted by molar-refractivity contribution is 6.04. The summed E-state index contributed by atoms with van der Waals surface area (Å²) in [6.45, 7) is 7.01. The van der Waals surface area contributed by atoms with Crippen molar-refractivity contribution < 1.29 is 4.79 Å². The molecule has 0 spiro atoms. The molecule has 1 aromatic heterocycles. The number of aryl methyl sites for hydroxylation is 1. The van der Waals surface area contributed by atoms with E-state index >= 15 is 0 Å². The smallest absolute Gasteiger partial charge is 0.255 e. The fraction of sp³-hybridized carbons (Fsp3) is 0.217. The van der Waals surface area contributed by atoms with E-state index in [-0.39, 0.29) is 11.9 Å². The Balaban J connectivity index is 1.81. The van der Waals surface area contributed by atoms with Gasteiger partial charge in [-0.05, 0) is 56.2 Å². The van der Waals surface area contributed by atoms with Crippen molar-refractivity contribution in [2.75, 3.05) is 10.2 Å². The Hall–Kier alpha value is -3.14. The number of benzene rings is 2. The van der Waals surface area contributed by atoms with Gasteiger partial charge >= 0.3 is 0 Å². The van der Waals surface area contributed by atoms with E-state index in [4.69, 9.17) is 0 Å². The van der Waals surface area contributed by atoms with Crippen molar-refractivity contribution in [1.82, 2.24) is 4.98 Å². The first-order valence-corrected chi connectivity index (χ1v) is 9.17. The predicted molar refractivity (Wildman–Crippen MR) is 111 cm³/mol. The van der Waals surface area contributed by atoms with Gasteiger partial charge in [-0.1, -0.05) is 42.5 Å². The molecular weight excluding hydrogens is 334 g/mol. The van der Waals surface area contributed by atoms with Crippen LogP contribution in [0.15, 0.2) is 72.9 Å². The molecule has 0 aliphatic carbocycles. The lowest BCUT2D eigenvalue weighted by Crippen LogP contribution is -2.31. The van der Waals surface area contributed by atoms with Crippen molar-refractivity contribution in [3.8, 4) is 0 Å². The van der Waals surface area contributed by atoms with E-state index < -0.39 is 0 Å². The zero-order chi connectivity index (χ0) is 19.2. The summed E-state index contributed by atoms with van der Waals surface area (Å²) in [6.07, 6.45) is 1.70. The van der Waals surface area contributed by atoms with E-state index in [1.54, 1.807) is 12.3 Å². The molecule has 0 aliphatic rings. The number of amides is 1. The molecule has 1 N–H and O–H groups in total. The van der Waals surface area contributed by atoms with Gasteiger partial charge in [0.1, 0.15) is 5.82 Å². The molecule has 138 valence electrons. The number of nitrogens with one attached hydrogen (secondary N) is 1. The number of aromatic nitrogens is 1. The number of pyridine rings is 1. The van der Waals surface area contributed by atoms with Gasteiger partial charge in [-0.25, -0.2) is 4.98 Å². The van der Waals surface area contributed by atoms with Crippen LogP contribution in [0, 0.1) is 6.92 Å². The monoisotopic (exact) mass is 359 g/mol. The highest BCUT2D eigenvalue weighted by Gasteiger charge is 2.15. The summed E-state index contributed by atoms with van der Waals surface area (Å²) in [5.41, 5.74) is 3.71. The Morgan fingerprint density at radius 2 is 1.81 bits per heavy atom. The lowest BCUT2D eigenvalue weighted by Gasteiger charge is -2.28. The first kappa shape index (κ1) is 18.6. The Morgan fingerprint density at radius 1 is 1.04 bits per heavy atom. The molecule has 0 saturated carbocycles. The zero-order valence-corrected chi connectivity index (χ0v) is 16.0. The average Bonchev–Trinajstić information content (AvgIpc) is 2.67. The van der Waals surface area contributed by atoms with Gasteiger partial charge in [-0.15, -0.1) is 0 Å². The summed E-state index contributed by atoms with van der Waals surface area (Å²) < 4.78 is 0. The highest BCUT2D eigenvalue weighted by Crippen LogP contribution is 2.20. The number of anilines is 2. The second-order valence-electron chi connectivity index (χ2n) is 6.93. The van der Waals surface area contributed by atoms with E-state index in [0.29, 0.717) is 5.56 Å². The zero-order valence-electron chi connectivity index (χ0n) is 16.0. The van der Waals surface area contributed by atoms with Gasteiger partial charge in [-0.2, -0.15) is 0 Å². The molecule has 27 heavy (non-hydrogen) atoms. The predicted octanol–water partition coefficient (Wildman–Crippen LogP) is 5.06. The standard InChI is InChI=1S/C23H25N3O/c1-17(2)26(16-19-9-5-4-6-10-19)22-15-20(12-13-24-22)23(27)25-21-11-7-8-18(3)14-21/h4-15,17H,16H2,1-3H3,(H,25,27). The van der Waals surface area contributed by atoms with Crippen LogP contribution >= 0.6 is 0 Å². The number of carbonyl (C=O) groups excluding carboxylic acids is 1. The second-order valence-corrected chi connectivity index (χ2v) is 6.93. The second kappa shape index (κ2) is 8.49. The Labute approximate surface area is 160 Å². The normalized spacial score (nSPS) is 10.7. The fourth-order valence-electron chi connectivity index (χ4n) is 2.95. The Morgan fingerprint density at radius 3 is 2.52 bits per heavy atom. The molecule has 0 fully saturated rings. The summed E-state index contributed by atoms with van der Waals surface area (Å²) in [6, 6.07) is 21.9. The quantitative estimate of drug-likeness (QED) is 0.669. The molecule has 3 aromatic rings. The third-order valence-corrected chi connectivity index (χ3v) is 4.40. The number of carbonyl (C=O) groups is 1. The molecule has 3 rings (SSSR count). The third kappa shape index (κ3) is 4.94. The molecule has 0 atom stereocenters. The maximum absolute atomic E-state index is 12.7. The van der Waals surface area contributed by atoms with E-state index in [2.05, 4.69) is 41.2 Å². The molecule has 1 amide bonds. The maximum atomic E-state index is 12.7. The highest BCUT2D eigenvalue weighted by atomic mass is 16.1. The van der Waals surface area contributed by atoms with Gasteiger partial charge in [-0.3, -0.25) is 4.79 Å². The van der Waals surface area contributed by atoms with Crippen molar-refractivity contribution in [1.29, 1.82) is 0 Å². The fourth-order valence-corrected chi connectivity index (χ4v) is 2.95. The van der Waals surface area contributed by atoms with Crippen molar-refractivity contribution >= 4 is 17.4 Å². The van der Waals surface area contributed by atoms with Crippen LogP contribution in [0.1, 0.15) is 35.3 Å². The van der Waals surface area contributed by atoms with Crippen molar-refractivity contribution in [2.45, 2.75) is 33.4 Å². The molecule has 0 radical (unpaired) electrons. The first-order valence-electron chi connectivity index (χ1n) is 9.17. The van der Waals surface area contributed by atoms with E-state index in [1.807, 2.05) is 55.5 Å². The van der Waals surface area contributed by atoms with Gasteiger partial charge in [0.25, 0.3) is 5.91 Å². The van der Waals surface area contributed by atoms with Gasteiger partial charge in [0.05, 0.1) is 0 Å². The van der Waals surface area contributed by atoms with Crippen LogP contribution in [-0.4, -0.2) is 16.9 Å². The van der Waals surface area contributed by atoms with Crippen LogP contribution in [0.5, 0.6) is 0 Å². The minimum absolute atomic E-state index is 0.132. The van der Waals surface area contributed by atoms with Gasteiger partial charge in [0.15, 0.2) is 0 Å². The van der Waals surface area contributed by atoms with E-state index in [9.17, 15) is 4.79 Å². The number of nitrogens with zero attached hydrogens (tertiary/aromatic N) is 2. The SMILES string of the molecule is Cc1cccc(NC(=O)c2ccnc(N(Cc3ccccc3)C(C)C)c2)c1. The summed E-state index contributed by atoms with van der Waals surface area (Å²) in [4.78, 5) is 19.4. The van der Waals surface area contributed by atoms with Gasteiger partial charge in [0, 0.05) is 30.0 Å². The van der Waals surface area contributed by atoms with Gasteiger partial charge < -0.3 is 10.2 Å². The maximum Gasteiger partial charge on any atom is 0.255 e. The molecule has 0 unspecified atom stereocenters. The lowest BCUT2D eigenvalue weighted by atomic mass is 10.1. The van der Waals surface area contributed by atoms with E-state index in [0.717, 1.165) is 23.6 Å². The molecule has 0 saturated heterocycles.